The van der Waals surface area contributed by atoms with Crippen molar-refractivity contribution in [3.05, 3.63) is 71.4 Å². The third-order valence-electron chi connectivity index (χ3n) is 6.38. The predicted octanol–water partition coefficient (Wildman–Crippen LogP) is 3.88. The summed E-state index contributed by atoms with van der Waals surface area (Å²) in [5.41, 5.74) is 5.73. The van der Waals surface area contributed by atoms with Crippen molar-refractivity contribution in [2.75, 3.05) is 5.32 Å². The van der Waals surface area contributed by atoms with E-state index in [-0.39, 0.29) is 30.4 Å². The van der Waals surface area contributed by atoms with Crippen molar-refractivity contribution >= 4 is 17.4 Å². The van der Waals surface area contributed by atoms with Crippen LogP contribution < -0.4 is 16.4 Å². The third-order valence-corrected chi connectivity index (χ3v) is 6.38. The van der Waals surface area contributed by atoms with Gasteiger partial charge in [-0.05, 0) is 37.8 Å². The van der Waals surface area contributed by atoms with Gasteiger partial charge in [-0.1, -0.05) is 6.07 Å². The van der Waals surface area contributed by atoms with Gasteiger partial charge < -0.3 is 16.4 Å². The standard InChI is InChI=1S/C24H24F3N7O/c25-16-2-1-15(20(26)11-16)13-31-17-3-6-24(7-4-17,8-9-28)34-14-19(22(29)35)23(33-34)32-18-5-10-30-21(27)12-18/h1-2,5,10-12,14,17,31H,3-4,6-8,13H2,(H2,29,35)(H,30,32,33). The monoisotopic (exact) mass is 483 g/mol. The van der Waals surface area contributed by atoms with Crippen molar-refractivity contribution < 1.29 is 18.0 Å². The number of halogens is 3. The van der Waals surface area contributed by atoms with Gasteiger partial charge >= 0.3 is 0 Å². The summed E-state index contributed by atoms with van der Waals surface area (Å²) in [5, 5.41) is 20.2. The molecule has 0 aliphatic heterocycles. The Hall–Kier alpha value is -3.91. The average Bonchev–Trinajstić information content (AvgIpc) is 3.24. The van der Waals surface area contributed by atoms with E-state index in [0.29, 0.717) is 36.9 Å². The van der Waals surface area contributed by atoms with E-state index in [9.17, 15) is 23.2 Å². The topological polar surface area (TPSA) is 122 Å². The van der Waals surface area contributed by atoms with Gasteiger partial charge in [0.05, 0.1) is 18.0 Å². The summed E-state index contributed by atoms with van der Waals surface area (Å²) >= 11 is 0. The van der Waals surface area contributed by atoms with Gasteiger partial charge in [0.1, 0.15) is 17.2 Å². The van der Waals surface area contributed by atoms with Gasteiger partial charge in [0.25, 0.3) is 5.91 Å². The van der Waals surface area contributed by atoms with Crippen LogP contribution in [0.1, 0.15) is 48.0 Å². The minimum Gasteiger partial charge on any atom is -0.365 e. The first-order valence-electron chi connectivity index (χ1n) is 11.1. The molecule has 1 aliphatic carbocycles. The van der Waals surface area contributed by atoms with E-state index in [1.54, 1.807) is 4.68 Å². The summed E-state index contributed by atoms with van der Waals surface area (Å²) in [6, 6.07) is 8.46. The SMILES string of the molecule is N#CCC1(n2cc(C(N)=O)c(Nc3ccnc(F)c3)n2)CCC(NCc2ccc(F)cc2F)CC1. The van der Waals surface area contributed by atoms with Crippen molar-refractivity contribution in [2.45, 2.75) is 50.2 Å². The van der Waals surface area contributed by atoms with Crippen LogP contribution in [0.15, 0.2) is 42.7 Å². The number of nitrogens with one attached hydrogen (secondary N) is 2. The largest absolute Gasteiger partial charge is 0.365 e. The molecule has 1 fully saturated rings. The fraction of sp³-hybridized carbons (Fsp3) is 0.333. The number of pyridine rings is 1. The van der Waals surface area contributed by atoms with Crippen LogP contribution in [0.4, 0.5) is 24.7 Å². The van der Waals surface area contributed by atoms with Crippen molar-refractivity contribution in [2.24, 2.45) is 5.73 Å². The zero-order valence-electron chi connectivity index (χ0n) is 18.8. The summed E-state index contributed by atoms with van der Waals surface area (Å²) in [5.74, 6) is -2.47. The zero-order valence-corrected chi connectivity index (χ0v) is 18.8. The van der Waals surface area contributed by atoms with Crippen LogP contribution in [0.3, 0.4) is 0 Å². The minimum absolute atomic E-state index is 0.0647. The molecule has 35 heavy (non-hydrogen) atoms. The Morgan fingerprint density at radius 2 is 2.00 bits per heavy atom. The quantitative estimate of drug-likeness (QED) is 0.418. The first-order valence-corrected chi connectivity index (χ1v) is 11.1. The molecular weight excluding hydrogens is 459 g/mol. The highest BCUT2D eigenvalue weighted by atomic mass is 19.1. The van der Waals surface area contributed by atoms with Gasteiger partial charge in [-0.2, -0.15) is 14.8 Å². The molecule has 0 radical (unpaired) electrons. The van der Waals surface area contributed by atoms with Gasteiger partial charge in [-0.25, -0.2) is 13.8 Å². The van der Waals surface area contributed by atoms with E-state index in [4.69, 9.17) is 5.73 Å². The number of anilines is 2. The molecule has 0 unspecified atom stereocenters. The number of nitrogens with two attached hydrogens (primary N) is 1. The van der Waals surface area contributed by atoms with Crippen molar-refractivity contribution in [1.29, 1.82) is 5.26 Å². The summed E-state index contributed by atoms with van der Waals surface area (Å²) in [7, 11) is 0. The number of aromatic nitrogens is 3. The van der Waals surface area contributed by atoms with Crippen LogP contribution in [0.2, 0.25) is 0 Å². The van der Waals surface area contributed by atoms with Gasteiger partial charge in [0.2, 0.25) is 5.95 Å². The molecule has 0 atom stereocenters. The Bertz CT molecular complexity index is 1260. The van der Waals surface area contributed by atoms with E-state index >= 15 is 0 Å². The number of hydrogen-bond donors (Lipinski definition) is 3. The van der Waals surface area contributed by atoms with E-state index < -0.39 is 29.0 Å². The maximum Gasteiger partial charge on any atom is 0.254 e. The predicted molar refractivity (Wildman–Crippen MR) is 122 cm³/mol. The highest BCUT2D eigenvalue weighted by Gasteiger charge is 2.38. The molecule has 0 spiro atoms. The molecule has 11 heteroatoms. The van der Waals surface area contributed by atoms with Crippen LogP contribution in [-0.4, -0.2) is 26.7 Å². The van der Waals surface area contributed by atoms with Crippen molar-refractivity contribution in [1.82, 2.24) is 20.1 Å². The van der Waals surface area contributed by atoms with Crippen LogP contribution in [0.5, 0.6) is 0 Å². The second-order valence-corrected chi connectivity index (χ2v) is 8.64. The molecule has 182 valence electrons. The first-order chi connectivity index (χ1) is 16.8. The number of benzene rings is 1. The molecule has 1 saturated carbocycles. The number of nitrogens with zero attached hydrogens (tertiary/aromatic N) is 4. The van der Waals surface area contributed by atoms with Gasteiger partial charge in [-0.3, -0.25) is 9.48 Å². The van der Waals surface area contributed by atoms with E-state index in [1.165, 1.54) is 30.6 Å². The number of carbonyl (C=O) groups is 1. The molecule has 0 saturated heterocycles. The highest BCUT2D eigenvalue weighted by molar-refractivity contribution is 5.98. The number of carbonyl (C=O) groups excluding carboxylic acids is 1. The van der Waals surface area contributed by atoms with E-state index in [1.807, 2.05) is 0 Å². The molecule has 1 amide bonds. The summed E-state index contributed by atoms with van der Waals surface area (Å²) in [6.07, 6.45) is 5.46. The lowest BCUT2D eigenvalue weighted by Crippen LogP contribution is -2.43. The molecule has 1 aliphatic rings. The Morgan fingerprint density at radius 3 is 2.66 bits per heavy atom. The number of hydrogen-bond acceptors (Lipinski definition) is 6. The number of amides is 1. The van der Waals surface area contributed by atoms with Crippen LogP contribution >= 0.6 is 0 Å². The maximum absolute atomic E-state index is 13.9. The Kier molecular flexibility index (Phi) is 7.02. The summed E-state index contributed by atoms with van der Waals surface area (Å²) in [4.78, 5) is 15.6. The molecule has 8 nitrogen and oxygen atoms in total. The Morgan fingerprint density at radius 1 is 1.23 bits per heavy atom. The summed E-state index contributed by atoms with van der Waals surface area (Å²) < 4.78 is 42.2. The Balaban J connectivity index is 1.50. The molecule has 0 bridgehead atoms. The van der Waals surface area contributed by atoms with Crippen molar-refractivity contribution in [3.63, 3.8) is 0 Å². The molecule has 4 N–H and O–H groups in total. The minimum atomic E-state index is -0.711. The van der Waals surface area contributed by atoms with Crippen LogP contribution in [-0.2, 0) is 12.1 Å². The molecular formula is C24H24F3N7O. The van der Waals surface area contributed by atoms with Crippen LogP contribution in [0.25, 0.3) is 0 Å². The highest BCUT2D eigenvalue weighted by Crippen LogP contribution is 2.39. The average molecular weight is 483 g/mol. The zero-order chi connectivity index (χ0) is 25.0. The van der Waals surface area contributed by atoms with E-state index in [0.717, 1.165) is 12.1 Å². The summed E-state index contributed by atoms with van der Waals surface area (Å²) in [6.45, 7) is 0.256. The maximum atomic E-state index is 13.9. The van der Waals surface area contributed by atoms with Gasteiger partial charge in [-0.15, -0.1) is 0 Å². The lowest BCUT2D eigenvalue weighted by Gasteiger charge is -2.39. The first kappa shape index (κ1) is 24.2. The van der Waals surface area contributed by atoms with Gasteiger partial charge in [0, 0.05) is 48.4 Å². The molecule has 2 aromatic heterocycles. The molecule has 2 heterocycles. The number of primary amides is 1. The van der Waals surface area contributed by atoms with E-state index in [2.05, 4.69) is 26.8 Å². The fourth-order valence-corrected chi connectivity index (χ4v) is 4.42. The van der Waals surface area contributed by atoms with Crippen LogP contribution in [0, 0.1) is 28.9 Å². The smallest absolute Gasteiger partial charge is 0.254 e. The Labute approximate surface area is 200 Å². The number of nitriles is 1. The lowest BCUT2D eigenvalue weighted by molar-refractivity contribution is 0.1000. The third kappa shape index (κ3) is 5.44. The molecule has 1 aromatic carbocycles. The number of rotatable bonds is 8. The second kappa shape index (κ2) is 10.1. The lowest BCUT2D eigenvalue weighted by atomic mass is 9.77. The second-order valence-electron chi connectivity index (χ2n) is 8.64. The normalized spacial score (nSPS) is 19.8. The fourth-order valence-electron chi connectivity index (χ4n) is 4.42. The van der Waals surface area contributed by atoms with Crippen molar-refractivity contribution in [3.8, 4) is 6.07 Å². The van der Waals surface area contributed by atoms with Gasteiger partial charge in [0.15, 0.2) is 5.82 Å². The molecule has 4 rings (SSSR count). The molecule has 3 aromatic rings.